The lowest BCUT2D eigenvalue weighted by Crippen LogP contribution is -2.18. The van der Waals surface area contributed by atoms with Crippen LogP contribution in [0.2, 0.25) is 0 Å². The monoisotopic (exact) mass is 392 g/mol. The number of nitrogens with zero attached hydrogens (tertiary/aromatic N) is 3. The summed E-state index contributed by atoms with van der Waals surface area (Å²) in [5.74, 6) is 3.93. The minimum atomic E-state index is 0.737. The summed E-state index contributed by atoms with van der Waals surface area (Å²) in [7, 11) is 3.29. The molecule has 1 N–H and O–H groups in total. The van der Waals surface area contributed by atoms with Crippen LogP contribution in [0.1, 0.15) is 18.3 Å². The quantitative estimate of drug-likeness (QED) is 0.574. The normalized spacial score (nSPS) is 10.5. The average Bonchev–Trinajstić information content (AvgIpc) is 2.74. The Labute approximate surface area is 172 Å². The molecule has 0 aliphatic carbocycles. The molecule has 0 radical (unpaired) electrons. The molecule has 6 nitrogen and oxygen atoms in total. The van der Waals surface area contributed by atoms with E-state index in [1.54, 1.807) is 14.2 Å². The van der Waals surface area contributed by atoms with E-state index in [0.29, 0.717) is 0 Å². The van der Waals surface area contributed by atoms with E-state index in [4.69, 9.17) is 9.47 Å². The number of aromatic nitrogens is 2. The lowest BCUT2D eigenvalue weighted by Gasteiger charge is -2.23. The number of hydrogen-bond donors (Lipinski definition) is 1. The minimum absolute atomic E-state index is 0.737. The molecule has 0 fully saturated rings. The fourth-order valence-corrected chi connectivity index (χ4v) is 3.24. The number of anilines is 3. The third-order valence-corrected chi connectivity index (χ3v) is 4.65. The number of hydrogen-bond acceptors (Lipinski definition) is 6. The van der Waals surface area contributed by atoms with Crippen LogP contribution in [0.4, 0.5) is 17.3 Å². The first-order valence-corrected chi connectivity index (χ1v) is 9.77. The van der Waals surface area contributed by atoms with E-state index in [2.05, 4.69) is 39.2 Å². The zero-order chi connectivity index (χ0) is 20.6. The lowest BCUT2D eigenvalue weighted by atomic mass is 10.1. The van der Waals surface area contributed by atoms with E-state index >= 15 is 0 Å². The van der Waals surface area contributed by atoms with E-state index in [9.17, 15) is 0 Å². The number of benzene rings is 2. The molecule has 0 unspecified atom stereocenters. The molecule has 3 aromatic rings. The van der Waals surface area contributed by atoms with E-state index < -0.39 is 0 Å². The summed E-state index contributed by atoms with van der Waals surface area (Å²) < 4.78 is 10.7. The second kappa shape index (κ2) is 9.78. The second-order valence-corrected chi connectivity index (χ2v) is 6.60. The molecule has 6 heteroatoms. The highest BCUT2D eigenvalue weighted by Crippen LogP contribution is 2.28. The molecule has 0 atom stereocenters. The first-order chi connectivity index (χ1) is 14.1. The van der Waals surface area contributed by atoms with Crippen molar-refractivity contribution in [2.45, 2.75) is 20.3 Å². The summed E-state index contributed by atoms with van der Waals surface area (Å²) in [5.41, 5.74) is 2.28. The maximum atomic E-state index is 5.38. The SMILES string of the molecule is CCN(c1ccccc1)c1cc(NCCc2ccc(OC)c(OC)c2)nc(C)n1. The van der Waals surface area contributed by atoms with Gasteiger partial charge in [0, 0.05) is 24.8 Å². The Kier molecular flexibility index (Phi) is 6.89. The minimum Gasteiger partial charge on any atom is -0.493 e. The topological polar surface area (TPSA) is 59.5 Å². The van der Waals surface area contributed by atoms with Crippen molar-refractivity contribution in [3.05, 3.63) is 66.0 Å². The van der Waals surface area contributed by atoms with Gasteiger partial charge in [0.05, 0.1) is 14.2 Å². The van der Waals surface area contributed by atoms with Gasteiger partial charge in [0.15, 0.2) is 11.5 Å². The predicted molar refractivity (Wildman–Crippen MR) is 118 cm³/mol. The zero-order valence-corrected chi connectivity index (χ0v) is 17.5. The van der Waals surface area contributed by atoms with Crippen LogP contribution < -0.4 is 19.7 Å². The van der Waals surface area contributed by atoms with Gasteiger partial charge in [-0.05, 0) is 50.1 Å². The number of rotatable bonds is 9. The molecule has 3 rings (SSSR count). The molecule has 2 aromatic carbocycles. The molecular formula is C23H28N4O2. The summed E-state index contributed by atoms with van der Waals surface area (Å²) >= 11 is 0. The van der Waals surface area contributed by atoms with Crippen molar-refractivity contribution in [3.8, 4) is 11.5 Å². The Hall–Kier alpha value is -3.28. The van der Waals surface area contributed by atoms with E-state index in [1.807, 2.05) is 49.4 Å². The van der Waals surface area contributed by atoms with Crippen LogP contribution in [0.25, 0.3) is 0 Å². The van der Waals surface area contributed by atoms with Gasteiger partial charge in [-0.3, -0.25) is 0 Å². The Balaban J connectivity index is 1.70. The van der Waals surface area contributed by atoms with Gasteiger partial charge in [-0.15, -0.1) is 0 Å². The fraction of sp³-hybridized carbons (Fsp3) is 0.304. The first-order valence-electron chi connectivity index (χ1n) is 9.77. The molecule has 29 heavy (non-hydrogen) atoms. The van der Waals surface area contributed by atoms with Crippen molar-refractivity contribution in [1.82, 2.24) is 9.97 Å². The average molecular weight is 393 g/mol. The third-order valence-electron chi connectivity index (χ3n) is 4.65. The fourth-order valence-electron chi connectivity index (χ4n) is 3.24. The summed E-state index contributed by atoms with van der Waals surface area (Å²) in [6.07, 6.45) is 0.842. The van der Waals surface area contributed by atoms with Gasteiger partial charge in [0.2, 0.25) is 0 Å². The summed E-state index contributed by atoms with van der Waals surface area (Å²) in [4.78, 5) is 11.4. The molecule has 0 aliphatic rings. The van der Waals surface area contributed by atoms with Gasteiger partial charge < -0.3 is 19.7 Å². The van der Waals surface area contributed by atoms with E-state index in [0.717, 1.165) is 54.2 Å². The molecule has 0 amide bonds. The zero-order valence-electron chi connectivity index (χ0n) is 17.5. The van der Waals surface area contributed by atoms with Crippen molar-refractivity contribution < 1.29 is 9.47 Å². The number of para-hydroxylation sites is 1. The van der Waals surface area contributed by atoms with Crippen molar-refractivity contribution in [1.29, 1.82) is 0 Å². The van der Waals surface area contributed by atoms with Crippen molar-refractivity contribution in [2.75, 3.05) is 37.5 Å². The maximum absolute atomic E-state index is 5.38. The standard InChI is InChI=1S/C23H28N4O2/c1-5-27(19-9-7-6-8-10-19)23-16-22(25-17(2)26-23)24-14-13-18-11-12-20(28-3)21(15-18)29-4/h6-12,15-16H,5,13-14H2,1-4H3,(H,24,25,26). The van der Waals surface area contributed by atoms with Gasteiger partial charge in [-0.1, -0.05) is 24.3 Å². The number of aryl methyl sites for hydroxylation is 1. The van der Waals surface area contributed by atoms with E-state index in [1.165, 1.54) is 5.56 Å². The van der Waals surface area contributed by atoms with Gasteiger partial charge in [-0.25, -0.2) is 9.97 Å². The van der Waals surface area contributed by atoms with Crippen LogP contribution in [0.3, 0.4) is 0 Å². The van der Waals surface area contributed by atoms with Crippen molar-refractivity contribution >= 4 is 17.3 Å². The molecule has 0 saturated heterocycles. The highest BCUT2D eigenvalue weighted by Gasteiger charge is 2.11. The van der Waals surface area contributed by atoms with Crippen molar-refractivity contribution in [3.63, 3.8) is 0 Å². The van der Waals surface area contributed by atoms with Gasteiger partial charge >= 0.3 is 0 Å². The van der Waals surface area contributed by atoms with Crippen LogP contribution >= 0.6 is 0 Å². The Morgan fingerprint density at radius 3 is 2.38 bits per heavy atom. The smallest absolute Gasteiger partial charge is 0.160 e. The molecule has 1 heterocycles. The predicted octanol–water partition coefficient (Wildman–Crippen LogP) is 4.61. The van der Waals surface area contributed by atoms with Gasteiger partial charge in [-0.2, -0.15) is 0 Å². The van der Waals surface area contributed by atoms with Crippen LogP contribution in [0, 0.1) is 6.92 Å². The lowest BCUT2D eigenvalue weighted by molar-refractivity contribution is 0.354. The summed E-state index contributed by atoms with van der Waals surface area (Å²) in [6, 6.07) is 18.3. The molecule has 0 bridgehead atoms. The van der Waals surface area contributed by atoms with Crippen LogP contribution in [-0.4, -0.2) is 37.3 Å². The number of ether oxygens (including phenoxy) is 2. The third kappa shape index (κ3) is 5.16. The van der Waals surface area contributed by atoms with Gasteiger partial charge in [0.1, 0.15) is 17.5 Å². The highest BCUT2D eigenvalue weighted by atomic mass is 16.5. The van der Waals surface area contributed by atoms with E-state index in [-0.39, 0.29) is 0 Å². The van der Waals surface area contributed by atoms with Crippen molar-refractivity contribution in [2.24, 2.45) is 0 Å². The second-order valence-electron chi connectivity index (χ2n) is 6.60. The number of nitrogens with one attached hydrogen (secondary N) is 1. The largest absolute Gasteiger partial charge is 0.493 e. The van der Waals surface area contributed by atoms with Gasteiger partial charge in [0.25, 0.3) is 0 Å². The molecule has 0 spiro atoms. The maximum Gasteiger partial charge on any atom is 0.160 e. The Bertz CT molecular complexity index is 931. The first kappa shape index (κ1) is 20.5. The molecule has 152 valence electrons. The van der Waals surface area contributed by atoms with Crippen LogP contribution in [-0.2, 0) is 6.42 Å². The Morgan fingerprint density at radius 2 is 1.69 bits per heavy atom. The summed E-state index contributed by atoms with van der Waals surface area (Å²) in [5, 5.41) is 3.42. The molecule has 1 aromatic heterocycles. The van der Waals surface area contributed by atoms with Crippen LogP contribution in [0.5, 0.6) is 11.5 Å². The highest BCUT2D eigenvalue weighted by molar-refractivity contribution is 5.62. The summed E-state index contributed by atoms with van der Waals surface area (Å²) in [6.45, 7) is 5.62. The molecule has 0 saturated carbocycles. The number of methoxy groups -OCH3 is 2. The van der Waals surface area contributed by atoms with Crippen LogP contribution in [0.15, 0.2) is 54.6 Å². The Morgan fingerprint density at radius 1 is 0.931 bits per heavy atom. The molecule has 0 aliphatic heterocycles. The molecular weight excluding hydrogens is 364 g/mol.